The Labute approximate surface area is 105 Å². The predicted molar refractivity (Wildman–Crippen MR) is 69.2 cm³/mol. The Morgan fingerprint density at radius 1 is 1.29 bits per heavy atom. The molecule has 0 radical (unpaired) electrons. The summed E-state index contributed by atoms with van der Waals surface area (Å²) in [6, 6.07) is 9.48. The van der Waals surface area contributed by atoms with Crippen LogP contribution in [0, 0.1) is 0 Å². The highest BCUT2D eigenvalue weighted by molar-refractivity contribution is 8.14. The standard InChI is InChI=1S/C13H16O3S/c1-3-11(10-7-5-4-6-8-10)12(13(15)16)17-9(2)14/h4-8,11-12H,3H2,1-2H3,(H,15,16). The molecule has 3 nitrogen and oxygen atoms in total. The summed E-state index contributed by atoms with van der Waals surface area (Å²) in [7, 11) is 0. The number of aliphatic carboxylic acids is 1. The third kappa shape index (κ3) is 3.89. The van der Waals surface area contributed by atoms with Gasteiger partial charge < -0.3 is 5.11 Å². The fourth-order valence-corrected chi connectivity index (χ4v) is 2.78. The zero-order chi connectivity index (χ0) is 12.8. The van der Waals surface area contributed by atoms with Crippen molar-refractivity contribution in [2.24, 2.45) is 0 Å². The van der Waals surface area contributed by atoms with Crippen LogP contribution in [0.5, 0.6) is 0 Å². The van der Waals surface area contributed by atoms with Gasteiger partial charge in [0.15, 0.2) is 5.12 Å². The summed E-state index contributed by atoms with van der Waals surface area (Å²) < 4.78 is 0. The highest BCUT2D eigenvalue weighted by Gasteiger charge is 2.30. The molecular formula is C13H16O3S. The van der Waals surface area contributed by atoms with Crippen molar-refractivity contribution in [3.63, 3.8) is 0 Å². The van der Waals surface area contributed by atoms with Crippen LogP contribution in [0.15, 0.2) is 30.3 Å². The lowest BCUT2D eigenvalue weighted by atomic mass is 9.93. The van der Waals surface area contributed by atoms with Gasteiger partial charge in [-0.1, -0.05) is 49.0 Å². The average molecular weight is 252 g/mol. The molecule has 0 aromatic heterocycles. The molecule has 1 rings (SSSR count). The molecule has 1 aromatic carbocycles. The molecule has 4 heteroatoms. The van der Waals surface area contributed by atoms with Crippen LogP contribution in [0.4, 0.5) is 0 Å². The van der Waals surface area contributed by atoms with E-state index in [-0.39, 0.29) is 11.0 Å². The lowest BCUT2D eigenvalue weighted by Crippen LogP contribution is -2.25. The molecule has 2 atom stereocenters. The molecular weight excluding hydrogens is 236 g/mol. The summed E-state index contributed by atoms with van der Waals surface area (Å²) in [4.78, 5) is 22.3. The monoisotopic (exact) mass is 252 g/mol. The second-order valence-electron chi connectivity index (χ2n) is 3.79. The van der Waals surface area contributed by atoms with E-state index in [2.05, 4.69) is 0 Å². The Morgan fingerprint density at radius 2 is 1.88 bits per heavy atom. The summed E-state index contributed by atoms with van der Waals surface area (Å²) in [5.41, 5.74) is 0.969. The molecule has 1 N–H and O–H groups in total. The summed E-state index contributed by atoms with van der Waals surface area (Å²) >= 11 is 0.897. The molecule has 0 aliphatic rings. The van der Waals surface area contributed by atoms with Gasteiger partial charge in [-0.25, -0.2) is 0 Å². The number of carboxylic acid groups (broad SMARTS) is 1. The molecule has 0 heterocycles. The first-order valence-electron chi connectivity index (χ1n) is 5.51. The van der Waals surface area contributed by atoms with Gasteiger partial charge in [-0.05, 0) is 12.0 Å². The molecule has 0 saturated heterocycles. The SMILES string of the molecule is CCC(c1ccccc1)C(SC(C)=O)C(=O)O. The second-order valence-corrected chi connectivity index (χ2v) is 5.11. The third-order valence-electron chi connectivity index (χ3n) is 2.57. The minimum absolute atomic E-state index is 0.136. The van der Waals surface area contributed by atoms with Crippen molar-refractivity contribution in [3.8, 4) is 0 Å². The Balaban J connectivity index is 2.97. The van der Waals surface area contributed by atoms with Gasteiger partial charge in [0.05, 0.1) is 0 Å². The van der Waals surface area contributed by atoms with Crippen LogP contribution in [0.1, 0.15) is 31.7 Å². The maximum Gasteiger partial charge on any atom is 0.317 e. The van der Waals surface area contributed by atoms with E-state index in [9.17, 15) is 14.7 Å². The fourth-order valence-electron chi connectivity index (χ4n) is 1.81. The number of carboxylic acids is 1. The van der Waals surface area contributed by atoms with Gasteiger partial charge in [0.1, 0.15) is 5.25 Å². The first kappa shape index (κ1) is 13.8. The third-order valence-corrected chi connectivity index (χ3v) is 3.69. The first-order chi connectivity index (χ1) is 8.06. The summed E-state index contributed by atoms with van der Waals surface area (Å²) in [5, 5.41) is 8.34. The minimum Gasteiger partial charge on any atom is -0.480 e. The second kappa shape index (κ2) is 6.45. The van der Waals surface area contributed by atoms with E-state index in [0.717, 1.165) is 17.3 Å². The van der Waals surface area contributed by atoms with E-state index in [1.165, 1.54) is 6.92 Å². The number of hydrogen-bond donors (Lipinski definition) is 1. The van der Waals surface area contributed by atoms with Gasteiger partial charge in [-0.15, -0.1) is 0 Å². The smallest absolute Gasteiger partial charge is 0.317 e. The van der Waals surface area contributed by atoms with Crippen molar-refractivity contribution < 1.29 is 14.7 Å². The molecule has 0 spiro atoms. The van der Waals surface area contributed by atoms with Gasteiger partial charge in [0, 0.05) is 12.8 Å². The minimum atomic E-state index is -0.930. The van der Waals surface area contributed by atoms with E-state index in [1.807, 2.05) is 37.3 Å². The van der Waals surface area contributed by atoms with Crippen molar-refractivity contribution >= 4 is 22.8 Å². The molecule has 0 aliphatic carbocycles. The number of benzene rings is 1. The van der Waals surface area contributed by atoms with Gasteiger partial charge in [0.2, 0.25) is 0 Å². The van der Waals surface area contributed by atoms with E-state index in [4.69, 9.17) is 0 Å². The van der Waals surface area contributed by atoms with Crippen LogP contribution < -0.4 is 0 Å². The predicted octanol–water partition coefficient (Wildman–Crippen LogP) is 2.91. The normalized spacial score (nSPS) is 14.0. The zero-order valence-corrected chi connectivity index (χ0v) is 10.7. The van der Waals surface area contributed by atoms with Gasteiger partial charge in [-0.2, -0.15) is 0 Å². The Hall–Kier alpha value is -1.29. The molecule has 1 aromatic rings. The lowest BCUT2D eigenvalue weighted by Gasteiger charge is -2.21. The molecule has 0 fully saturated rings. The van der Waals surface area contributed by atoms with Crippen molar-refractivity contribution in [1.82, 2.24) is 0 Å². The topological polar surface area (TPSA) is 54.4 Å². The fraction of sp³-hybridized carbons (Fsp3) is 0.385. The molecule has 92 valence electrons. The number of carbonyl (C=O) groups is 2. The van der Waals surface area contributed by atoms with Crippen LogP contribution in [0.3, 0.4) is 0 Å². The van der Waals surface area contributed by atoms with Crippen molar-refractivity contribution in [2.75, 3.05) is 0 Å². The highest BCUT2D eigenvalue weighted by Crippen LogP contribution is 2.32. The Morgan fingerprint density at radius 3 is 2.29 bits per heavy atom. The Bertz CT molecular complexity index is 389. The van der Waals surface area contributed by atoms with E-state index < -0.39 is 11.2 Å². The maximum atomic E-state index is 11.2. The molecule has 0 saturated carbocycles. The molecule has 2 unspecified atom stereocenters. The number of hydrogen-bond acceptors (Lipinski definition) is 3. The van der Waals surface area contributed by atoms with Crippen molar-refractivity contribution in [1.29, 1.82) is 0 Å². The summed E-state index contributed by atoms with van der Waals surface area (Å²) in [6.45, 7) is 3.34. The van der Waals surface area contributed by atoms with Crippen LogP contribution in [0.25, 0.3) is 0 Å². The van der Waals surface area contributed by atoms with Gasteiger partial charge in [-0.3, -0.25) is 9.59 Å². The Kier molecular flexibility index (Phi) is 5.22. The summed E-state index contributed by atoms with van der Waals surface area (Å²) in [5.74, 6) is -1.07. The van der Waals surface area contributed by atoms with Crippen LogP contribution >= 0.6 is 11.8 Å². The average Bonchev–Trinajstić information content (AvgIpc) is 2.29. The lowest BCUT2D eigenvalue weighted by molar-refractivity contribution is -0.137. The van der Waals surface area contributed by atoms with E-state index in [0.29, 0.717) is 6.42 Å². The van der Waals surface area contributed by atoms with Gasteiger partial charge >= 0.3 is 5.97 Å². The first-order valence-corrected chi connectivity index (χ1v) is 6.39. The molecule has 0 amide bonds. The van der Waals surface area contributed by atoms with E-state index in [1.54, 1.807) is 0 Å². The van der Waals surface area contributed by atoms with Crippen LogP contribution in [-0.2, 0) is 9.59 Å². The largest absolute Gasteiger partial charge is 0.480 e. The van der Waals surface area contributed by atoms with E-state index >= 15 is 0 Å². The quantitative estimate of drug-likeness (QED) is 0.875. The number of thioether (sulfide) groups is 1. The van der Waals surface area contributed by atoms with Crippen molar-refractivity contribution in [2.45, 2.75) is 31.4 Å². The molecule has 17 heavy (non-hydrogen) atoms. The van der Waals surface area contributed by atoms with Crippen molar-refractivity contribution in [3.05, 3.63) is 35.9 Å². The van der Waals surface area contributed by atoms with Crippen LogP contribution in [0.2, 0.25) is 0 Å². The van der Waals surface area contributed by atoms with Gasteiger partial charge in [0.25, 0.3) is 0 Å². The molecule has 0 aliphatic heterocycles. The summed E-state index contributed by atoms with van der Waals surface area (Å²) in [6.07, 6.45) is 0.696. The maximum absolute atomic E-state index is 11.2. The zero-order valence-electron chi connectivity index (χ0n) is 9.92. The molecule has 0 bridgehead atoms. The van der Waals surface area contributed by atoms with Crippen LogP contribution in [-0.4, -0.2) is 21.4 Å². The highest BCUT2D eigenvalue weighted by atomic mass is 32.2. The number of rotatable bonds is 5. The number of carbonyl (C=O) groups excluding carboxylic acids is 1.